The Balaban J connectivity index is 1.70. The van der Waals surface area contributed by atoms with Crippen LogP contribution in [0, 0.1) is 0 Å². The minimum atomic E-state index is -0.664. The zero-order chi connectivity index (χ0) is 15.2. The first-order valence-electron chi connectivity index (χ1n) is 7.77. The Morgan fingerprint density at radius 2 is 1.95 bits per heavy atom. The summed E-state index contributed by atoms with van der Waals surface area (Å²) >= 11 is 0. The number of nitrogens with two attached hydrogens (primary N) is 1. The maximum atomic E-state index is 11.7. The van der Waals surface area contributed by atoms with Gasteiger partial charge in [0.05, 0.1) is 13.2 Å². The number of carbonyl (C=O) groups is 2. The van der Waals surface area contributed by atoms with Crippen LogP contribution >= 0.6 is 0 Å². The fourth-order valence-corrected chi connectivity index (χ4v) is 3.06. The summed E-state index contributed by atoms with van der Waals surface area (Å²) in [5.74, 6) is -0.297. The molecule has 2 rings (SSSR count). The Labute approximate surface area is 125 Å². The number of alkyl carbamates (subject to hydrolysis) is 1. The van der Waals surface area contributed by atoms with Crippen LogP contribution in [-0.2, 0) is 9.53 Å². The highest BCUT2D eigenvalue weighted by molar-refractivity contribution is 5.92. The summed E-state index contributed by atoms with van der Waals surface area (Å²) in [5, 5.41) is 2.24. The highest BCUT2D eigenvalue weighted by atomic mass is 16.5. The minimum Gasteiger partial charge on any atom is -0.450 e. The molecule has 21 heavy (non-hydrogen) atoms. The van der Waals surface area contributed by atoms with Crippen molar-refractivity contribution in [2.75, 3.05) is 39.3 Å². The van der Waals surface area contributed by atoms with Gasteiger partial charge in [0.2, 0.25) is 5.91 Å². The molecule has 0 aliphatic carbocycles. The van der Waals surface area contributed by atoms with E-state index < -0.39 is 6.09 Å². The van der Waals surface area contributed by atoms with E-state index in [0.29, 0.717) is 12.1 Å². The lowest BCUT2D eigenvalue weighted by molar-refractivity contribution is -0.121. The zero-order valence-electron chi connectivity index (χ0n) is 12.7. The van der Waals surface area contributed by atoms with Gasteiger partial charge >= 0.3 is 6.09 Å². The highest BCUT2D eigenvalue weighted by Gasteiger charge is 2.30. The topological polar surface area (TPSA) is 87.9 Å². The summed E-state index contributed by atoms with van der Waals surface area (Å²) < 4.78 is 4.69. The summed E-state index contributed by atoms with van der Waals surface area (Å²) in [7, 11) is 0. The molecule has 3 N–H and O–H groups in total. The number of hydrogen-bond acceptors (Lipinski definition) is 6. The van der Waals surface area contributed by atoms with Crippen LogP contribution in [0.15, 0.2) is 0 Å². The molecule has 0 radical (unpaired) electrons. The van der Waals surface area contributed by atoms with Crippen LogP contribution < -0.4 is 11.1 Å². The van der Waals surface area contributed by atoms with Crippen LogP contribution in [0.5, 0.6) is 0 Å². The first-order chi connectivity index (χ1) is 10.1. The van der Waals surface area contributed by atoms with Crippen LogP contribution in [0.2, 0.25) is 0 Å². The Bertz CT molecular complexity index is 369. The number of ether oxygens (including phenoxy) is 1. The second kappa shape index (κ2) is 7.72. The quantitative estimate of drug-likeness (QED) is 0.744. The van der Waals surface area contributed by atoms with Crippen molar-refractivity contribution < 1.29 is 14.3 Å². The molecule has 2 aliphatic rings. The predicted molar refractivity (Wildman–Crippen MR) is 78.8 cm³/mol. The minimum absolute atomic E-state index is 0.253. The average molecular weight is 298 g/mol. The molecule has 120 valence electrons. The van der Waals surface area contributed by atoms with Crippen molar-refractivity contribution in [1.29, 1.82) is 0 Å². The van der Waals surface area contributed by atoms with Crippen molar-refractivity contribution >= 4 is 12.0 Å². The maximum Gasteiger partial charge on any atom is 0.413 e. The largest absolute Gasteiger partial charge is 0.450 e. The van der Waals surface area contributed by atoms with E-state index >= 15 is 0 Å². The SMILES string of the molecule is CCOC(=O)NC(=O)CN1CCC(N2CCC(N)CC2)C1. The molecule has 0 aromatic heterocycles. The number of amides is 2. The first kappa shape index (κ1) is 16.2. The van der Waals surface area contributed by atoms with E-state index in [1.807, 2.05) is 0 Å². The van der Waals surface area contributed by atoms with Gasteiger partial charge < -0.3 is 10.5 Å². The molecule has 1 atom stereocenters. The normalized spacial score (nSPS) is 25.0. The summed E-state index contributed by atoms with van der Waals surface area (Å²) in [4.78, 5) is 27.5. The molecule has 2 saturated heterocycles. The molecule has 2 aliphatic heterocycles. The van der Waals surface area contributed by atoms with Gasteiger partial charge in [-0.3, -0.25) is 19.9 Å². The van der Waals surface area contributed by atoms with Crippen molar-refractivity contribution in [3.8, 4) is 0 Å². The number of rotatable bonds is 4. The molecule has 2 heterocycles. The van der Waals surface area contributed by atoms with Crippen LogP contribution in [0.25, 0.3) is 0 Å². The van der Waals surface area contributed by atoms with Gasteiger partial charge in [-0.25, -0.2) is 4.79 Å². The van der Waals surface area contributed by atoms with E-state index in [0.717, 1.165) is 45.4 Å². The fraction of sp³-hybridized carbons (Fsp3) is 0.857. The molecule has 0 saturated carbocycles. The van der Waals surface area contributed by atoms with Gasteiger partial charge in [0.25, 0.3) is 0 Å². The van der Waals surface area contributed by atoms with Gasteiger partial charge in [0.15, 0.2) is 0 Å². The molecule has 0 spiro atoms. The molecule has 1 unspecified atom stereocenters. The Morgan fingerprint density at radius 3 is 2.62 bits per heavy atom. The third-order valence-electron chi connectivity index (χ3n) is 4.22. The van der Waals surface area contributed by atoms with Crippen molar-refractivity contribution in [3.05, 3.63) is 0 Å². The van der Waals surface area contributed by atoms with Gasteiger partial charge in [0, 0.05) is 25.2 Å². The summed E-state index contributed by atoms with van der Waals surface area (Å²) in [6.07, 6.45) is 2.52. The number of imide groups is 1. The molecule has 7 nitrogen and oxygen atoms in total. The van der Waals surface area contributed by atoms with Crippen molar-refractivity contribution in [1.82, 2.24) is 15.1 Å². The monoisotopic (exact) mass is 298 g/mol. The lowest BCUT2D eigenvalue weighted by Gasteiger charge is -2.34. The Hall–Kier alpha value is -1.18. The lowest BCUT2D eigenvalue weighted by Crippen LogP contribution is -2.46. The third-order valence-corrected chi connectivity index (χ3v) is 4.22. The number of piperidine rings is 1. The highest BCUT2D eigenvalue weighted by Crippen LogP contribution is 2.19. The molecule has 7 heteroatoms. The Morgan fingerprint density at radius 1 is 1.24 bits per heavy atom. The van der Waals surface area contributed by atoms with Crippen LogP contribution in [0.3, 0.4) is 0 Å². The van der Waals surface area contributed by atoms with Crippen LogP contribution in [-0.4, -0.2) is 73.2 Å². The summed E-state index contributed by atoms with van der Waals surface area (Å²) in [5.41, 5.74) is 5.93. The van der Waals surface area contributed by atoms with E-state index in [9.17, 15) is 9.59 Å². The number of hydrogen-bond donors (Lipinski definition) is 2. The van der Waals surface area contributed by atoms with Gasteiger partial charge in [-0.15, -0.1) is 0 Å². The molecule has 0 bridgehead atoms. The second-order valence-corrected chi connectivity index (χ2v) is 5.82. The van der Waals surface area contributed by atoms with E-state index in [-0.39, 0.29) is 19.1 Å². The van der Waals surface area contributed by atoms with Gasteiger partial charge in [-0.05, 0) is 39.3 Å². The van der Waals surface area contributed by atoms with E-state index in [1.54, 1.807) is 6.92 Å². The molecular weight excluding hydrogens is 272 g/mol. The van der Waals surface area contributed by atoms with E-state index in [1.165, 1.54) is 0 Å². The summed E-state index contributed by atoms with van der Waals surface area (Å²) in [6, 6.07) is 0.849. The fourth-order valence-electron chi connectivity index (χ4n) is 3.06. The number of nitrogens with one attached hydrogen (secondary N) is 1. The number of carbonyl (C=O) groups excluding carboxylic acids is 2. The standard InChI is InChI=1S/C14H26N4O3/c1-2-21-14(20)16-13(19)10-17-6-5-12(9-17)18-7-3-11(15)4-8-18/h11-12H,2-10,15H2,1H3,(H,16,19,20). The van der Waals surface area contributed by atoms with Gasteiger partial charge in [0.1, 0.15) is 0 Å². The Kier molecular flexibility index (Phi) is 5.96. The third kappa shape index (κ3) is 4.94. The maximum absolute atomic E-state index is 11.7. The molecule has 2 fully saturated rings. The van der Waals surface area contributed by atoms with Crippen molar-refractivity contribution in [3.63, 3.8) is 0 Å². The van der Waals surface area contributed by atoms with E-state index in [2.05, 4.69) is 15.1 Å². The molecule has 0 aromatic carbocycles. The lowest BCUT2D eigenvalue weighted by atomic mass is 10.0. The van der Waals surface area contributed by atoms with E-state index in [4.69, 9.17) is 10.5 Å². The second-order valence-electron chi connectivity index (χ2n) is 5.82. The van der Waals surface area contributed by atoms with Gasteiger partial charge in [-0.1, -0.05) is 0 Å². The first-order valence-corrected chi connectivity index (χ1v) is 7.77. The number of nitrogens with zero attached hydrogens (tertiary/aromatic N) is 2. The number of likely N-dealkylation sites (tertiary alicyclic amines) is 2. The molecule has 2 amide bonds. The summed E-state index contributed by atoms with van der Waals surface area (Å²) in [6.45, 7) is 6.10. The molecule has 0 aromatic rings. The van der Waals surface area contributed by atoms with Crippen molar-refractivity contribution in [2.45, 2.75) is 38.3 Å². The van der Waals surface area contributed by atoms with Gasteiger partial charge in [-0.2, -0.15) is 0 Å². The van der Waals surface area contributed by atoms with Crippen molar-refractivity contribution in [2.24, 2.45) is 5.73 Å². The predicted octanol–water partition coefficient (Wildman–Crippen LogP) is -0.243. The van der Waals surface area contributed by atoms with Crippen LogP contribution in [0.4, 0.5) is 4.79 Å². The average Bonchev–Trinajstić information content (AvgIpc) is 2.88. The van der Waals surface area contributed by atoms with Crippen LogP contribution in [0.1, 0.15) is 26.2 Å². The molecular formula is C14H26N4O3. The smallest absolute Gasteiger partial charge is 0.413 e. The zero-order valence-corrected chi connectivity index (χ0v) is 12.7.